The van der Waals surface area contributed by atoms with Gasteiger partial charge in [-0.25, -0.2) is 10.8 Å². The molecule has 1 saturated carbocycles. The Bertz CT molecular complexity index is 290. The van der Waals surface area contributed by atoms with Crippen molar-refractivity contribution in [2.45, 2.75) is 38.1 Å². The number of amides is 1. The summed E-state index contributed by atoms with van der Waals surface area (Å²) >= 11 is 0. The Morgan fingerprint density at radius 3 is 2.74 bits per heavy atom. The van der Waals surface area contributed by atoms with Crippen LogP contribution in [0.15, 0.2) is 4.99 Å². The zero-order valence-corrected chi connectivity index (χ0v) is 11.6. The first-order chi connectivity index (χ1) is 9.26. The van der Waals surface area contributed by atoms with Crippen LogP contribution in [-0.2, 0) is 9.53 Å². The van der Waals surface area contributed by atoms with Gasteiger partial charge in [0.2, 0.25) is 11.9 Å². The number of guanidine groups is 1. The van der Waals surface area contributed by atoms with Crippen LogP contribution in [0.3, 0.4) is 0 Å². The minimum absolute atomic E-state index is 0.0585. The molecule has 0 heterocycles. The van der Waals surface area contributed by atoms with Crippen molar-refractivity contribution < 1.29 is 9.53 Å². The third-order valence-electron chi connectivity index (χ3n) is 3.09. The number of ether oxygens (including phenoxy) is 1. The fourth-order valence-corrected chi connectivity index (χ4v) is 2.07. The number of aliphatic imine (C=N–C) groups is 1. The van der Waals surface area contributed by atoms with Crippen LogP contribution < -0.4 is 21.9 Å². The molecule has 1 aliphatic carbocycles. The molecule has 0 unspecified atom stereocenters. The lowest BCUT2D eigenvalue weighted by Gasteiger charge is -2.24. The summed E-state index contributed by atoms with van der Waals surface area (Å²) in [5, 5.41) is 5.94. The van der Waals surface area contributed by atoms with E-state index >= 15 is 0 Å². The van der Waals surface area contributed by atoms with Crippen LogP contribution in [0.5, 0.6) is 0 Å². The number of methoxy groups -OCH3 is 1. The standard InChI is InChI=1S/C12H25N5O2/c1-19-8-7-14-11(18)9-15-12(17-13)16-10-5-3-2-4-6-10/h10H,2-9,13H2,1H3,(H,14,18)(H2,15,16,17). The Morgan fingerprint density at radius 1 is 1.37 bits per heavy atom. The van der Waals surface area contributed by atoms with Crippen molar-refractivity contribution in [3.05, 3.63) is 0 Å². The van der Waals surface area contributed by atoms with Crippen molar-refractivity contribution >= 4 is 11.9 Å². The molecule has 1 amide bonds. The van der Waals surface area contributed by atoms with Gasteiger partial charge in [0.15, 0.2) is 0 Å². The fraction of sp³-hybridized carbons (Fsp3) is 0.833. The summed E-state index contributed by atoms with van der Waals surface area (Å²) in [6.07, 6.45) is 6.00. The van der Waals surface area contributed by atoms with Gasteiger partial charge in [-0.2, -0.15) is 0 Å². The minimum Gasteiger partial charge on any atom is -0.383 e. The van der Waals surface area contributed by atoms with Gasteiger partial charge >= 0.3 is 0 Å². The summed E-state index contributed by atoms with van der Waals surface area (Å²) in [5.41, 5.74) is 2.51. The summed E-state index contributed by atoms with van der Waals surface area (Å²) in [4.78, 5) is 15.6. The molecule has 0 aliphatic heterocycles. The lowest BCUT2D eigenvalue weighted by Crippen LogP contribution is -2.47. The largest absolute Gasteiger partial charge is 0.383 e. The number of carbonyl (C=O) groups is 1. The van der Waals surface area contributed by atoms with Crippen molar-refractivity contribution in [1.82, 2.24) is 16.1 Å². The number of hydrazine groups is 1. The van der Waals surface area contributed by atoms with Crippen LogP contribution in [0, 0.1) is 0 Å². The Hall–Kier alpha value is -1.34. The van der Waals surface area contributed by atoms with Gasteiger partial charge < -0.3 is 15.4 Å². The molecule has 1 fully saturated rings. The summed E-state index contributed by atoms with van der Waals surface area (Å²) in [7, 11) is 1.59. The second kappa shape index (κ2) is 9.57. The molecular weight excluding hydrogens is 246 g/mol. The van der Waals surface area contributed by atoms with Crippen LogP contribution in [0.1, 0.15) is 32.1 Å². The van der Waals surface area contributed by atoms with Crippen LogP contribution in [0.2, 0.25) is 0 Å². The lowest BCUT2D eigenvalue weighted by molar-refractivity contribution is -0.119. The number of rotatable bonds is 6. The Balaban J connectivity index is 2.27. The fourth-order valence-electron chi connectivity index (χ4n) is 2.07. The number of nitrogens with one attached hydrogen (secondary N) is 3. The SMILES string of the molecule is COCCNC(=O)CN=C(NN)NC1CCCCC1. The molecule has 0 atom stereocenters. The molecule has 1 aliphatic rings. The molecule has 0 bridgehead atoms. The summed E-state index contributed by atoms with van der Waals surface area (Å²) in [5.74, 6) is 5.74. The van der Waals surface area contributed by atoms with E-state index in [4.69, 9.17) is 10.6 Å². The van der Waals surface area contributed by atoms with E-state index in [2.05, 4.69) is 21.1 Å². The zero-order valence-electron chi connectivity index (χ0n) is 11.6. The molecular formula is C12H25N5O2. The normalized spacial score (nSPS) is 17.1. The molecule has 5 N–H and O–H groups in total. The second-order valence-corrected chi connectivity index (χ2v) is 4.63. The van der Waals surface area contributed by atoms with Crippen molar-refractivity contribution in [1.29, 1.82) is 0 Å². The minimum atomic E-state index is -0.143. The Labute approximate surface area is 114 Å². The number of hydrogen-bond acceptors (Lipinski definition) is 4. The molecule has 0 aromatic carbocycles. The van der Waals surface area contributed by atoms with Gasteiger partial charge in [-0.3, -0.25) is 10.2 Å². The van der Waals surface area contributed by atoms with Crippen molar-refractivity contribution in [3.63, 3.8) is 0 Å². The van der Waals surface area contributed by atoms with Crippen LogP contribution >= 0.6 is 0 Å². The van der Waals surface area contributed by atoms with E-state index in [1.54, 1.807) is 7.11 Å². The third kappa shape index (κ3) is 6.97. The van der Waals surface area contributed by atoms with E-state index in [1.165, 1.54) is 19.3 Å². The zero-order chi connectivity index (χ0) is 13.9. The average Bonchev–Trinajstić information content (AvgIpc) is 2.45. The first-order valence-corrected chi connectivity index (χ1v) is 6.79. The smallest absolute Gasteiger partial charge is 0.241 e. The number of carbonyl (C=O) groups excluding carboxylic acids is 1. The molecule has 7 heteroatoms. The van der Waals surface area contributed by atoms with Gasteiger partial charge in [-0.1, -0.05) is 19.3 Å². The summed E-state index contributed by atoms with van der Waals surface area (Å²) < 4.78 is 4.84. The average molecular weight is 271 g/mol. The number of nitrogens with two attached hydrogens (primary N) is 1. The molecule has 110 valence electrons. The maximum absolute atomic E-state index is 11.5. The monoisotopic (exact) mass is 271 g/mol. The highest BCUT2D eigenvalue weighted by Crippen LogP contribution is 2.16. The maximum Gasteiger partial charge on any atom is 0.241 e. The van der Waals surface area contributed by atoms with Crippen LogP contribution in [0.25, 0.3) is 0 Å². The van der Waals surface area contributed by atoms with Gasteiger partial charge in [-0.15, -0.1) is 0 Å². The van der Waals surface area contributed by atoms with Gasteiger partial charge in [-0.05, 0) is 12.8 Å². The van der Waals surface area contributed by atoms with E-state index in [1.807, 2.05) is 0 Å². The molecule has 0 spiro atoms. The summed E-state index contributed by atoms with van der Waals surface area (Å²) in [6, 6.07) is 0.403. The summed E-state index contributed by atoms with van der Waals surface area (Å²) in [6.45, 7) is 1.05. The second-order valence-electron chi connectivity index (χ2n) is 4.63. The van der Waals surface area contributed by atoms with Gasteiger partial charge in [0.1, 0.15) is 6.54 Å². The predicted octanol–water partition coefficient (Wildman–Crippen LogP) is -0.509. The highest BCUT2D eigenvalue weighted by atomic mass is 16.5. The number of nitrogens with zero attached hydrogens (tertiary/aromatic N) is 1. The van der Waals surface area contributed by atoms with Gasteiger partial charge in [0, 0.05) is 19.7 Å². The lowest BCUT2D eigenvalue weighted by atomic mass is 9.96. The quantitative estimate of drug-likeness (QED) is 0.171. The van der Waals surface area contributed by atoms with E-state index in [0.717, 1.165) is 12.8 Å². The van der Waals surface area contributed by atoms with E-state index in [-0.39, 0.29) is 12.5 Å². The van der Waals surface area contributed by atoms with E-state index in [0.29, 0.717) is 25.2 Å². The topological polar surface area (TPSA) is 101 Å². The molecule has 7 nitrogen and oxygen atoms in total. The predicted molar refractivity (Wildman–Crippen MR) is 74.5 cm³/mol. The molecule has 0 aromatic heterocycles. The van der Waals surface area contributed by atoms with E-state index < -0.39 is 0 Å². The molecule has 0 aromatic rings. The first kappa shape index (κ1) is 15.7. The molecule has 1 rings (SSSR count). The van der Waals surface area contributed by atoms with Gasteiger partial charge in [0.25, 0.3) is 0 Å². The van der Waals surface area contributed by atoms with Gasteiger partial charge in [0.05, 0.1) is 6.61 Å². The number of hydrogen-bond donors (Lipinski definition) is 4. The highest BCUT2D eigenvalue weighted by molar-refractivity contribution is 5.84. The molecule has 19 heavy (non-hydrogen) atoms. The van der Waals surface area contributed by atoms with Crippen molar-refractivity contribution in [2.24, 2.45) is 10.8 Å². The van der Waals surface area contributed by atoms with Crippen molar-refractivity contribution in [2.75, 3.05) is 26.8 Å². The highest BCUT2D eigenvalue weighted by Gasteiger charge is 2.14. The first-order valence-electron chi connectivity index (χ1n) is 6.79. The van der Waals surface area contributed by atoms with Crippen LogP contribution in [0.4, 0.5) is 0 Å². The molecule has 0 radical (unpaired) electrons. The van der Waals surface area contributed by atoms with E-state index in [9.17, 15) is 4.79 Å². The van der Waals surface area contributed by atoms with Crippen LogP contribution in [-0.4, -0.2) is 44.7 Å². The molecule has 0 saturated heterocycles. The maximum atomic E-state index is 11.5. The Morgan fingerprint density at radius 2 is 2.11 bits per heavy atom. The van der Waals surface area contributed by atoms with Crippen molar-refractivity contribution in [3.8, 4) is 0 Å². The third-order valence-corrected chi connectivity index (χ3v) is 3.09. The Kier molecular flexibility index (Phi) is 7.92.